The molecule has 0 spiro atoms. The van der Waals surface area contributed by atoms with E-state index in [1.165, 1.54) is 16.0 Å². The van der Waals surface area contributed by atoms with Gasteiger partial charge in [0, 0.05) is 18.9 Å². The molecular formula is C16H20N2O2. The van der Waals surface area contributed by atoms with Crippen molar-refractivity contribution < 1.29 is 9.59 Å². The third-order valence-corrected chi connectivity index (χ3v) is 4.45. The number of carbonyl (C=O) groups excluding carboxylic acids is 2. The van der Waals surface area contributed by atoms with Crippen LogP contribution >= 0.6 is 0 Å². The molecule has 3 rings (SSSR count). The van der Waals surface area contributed by atoms with Gasteiger partial charge < -0.3 is 5.73 Å². The Labute approximate surface area is 118 Å². The summed E-state index contributed by atoms with van der Waals surface area (Å²) in [6.07, 6.45) is 4.11. The lowest BCUT2D eigenvalue weighted by molar-refractivity contribution is -0.149. The Morgan fingerprint density at radius 3 is 2.80 bits per heavy atom. The smallest absolute Gasteiger partial charge is 0.246 e. The molecule has 0 bridgehead atoms. The molecule has 0 saturated carbocycles. The highest BCUT2D eigenvalue weighted by Crippen LogP contribution is 2.32. The molecule has 4 heteroatoms. The lowest BCUT2D eigenvalue weighted by atomic mass is 9.82. The van der Waals surface area contributed by atoms with Crippen molar-refractivity contribution in [3.05, 3.63) is 35.4 Å². The van der Waals surface area contributed by atoms with Crippen molar-refractivity contribution in [1.29, 1.82) is 0 Å². The zero-order valence-electron chi connectivity index (χ0n) is 11.5. The van der Waals surface area contributed by atoms with Crippen molar-refractivity contribution in [2.75, 3.05) is 6.54 Å². The summed E-state index contributed by atoms with van der Waals surface area (Å²) in [5, 5.41) is 0. The van der Waals surface area contributed by atoms with Crippen LogP contribution in [0.25, 0.3) is 0 Å². The Morgan fingerprint density at radius 1 is 1.15 bits per heavy atom. The standard InChI is InChI=1S/C16H20N2O2/c17-14-8-9-15(19)18(16(14)20)10-12-6-3-5-11-4-1-2-7-13(11)12/h1-2,4,7,12,14H,3,5-6,8-10,17H2. The fraction of sp³-hybridized carbons (Fsp3) is 0.500. The number of hydrogen-bond donors (Lipinski definition) is 1. The molecule has 1 saturated heterocycles. The third-order valence-electron chi connectivity index (χ3n) is 4.45. The normalized spacial score (nSPS) is 26.6. The van der Waals surface area contributed by atoms with Gasteiger partial charge in [-0.2, -0.15) is 0 Å². The minimum atomic E-state index is -0.508. The van der Waals surface area contributed by atoms with Gasteiger partial charge >= 0.3 is 0 Å². The topological polar surface area (TPSA) is 63.4 Å². The summed E-state index contributed by atoms with van der Waals surface area (Å²) >= 11 is 0. The highest BCUT2D eigenvalue weighted by Gasteiger charge is 2.34. The molecule has 1 heterocycles. The maximum atomic E-state index is 12.1. The molecule has 1 aliphatic carbocycles. The number of fused-ring (bicyclic) bond motifs is 1. The van der Waals surface area contributed by atoms with Crippen LogP contribution in [0.2, 0.25) is 0 Å². The fourth-order valence-corrected chi connectivity index (χ4v) is 3.32. The molecule has 1 aromatic rings. The summed E-state index contributed by atoms with van der Waals surface area (Å²) in [6.45, 7) is 0.488. The lowest BCUT2D eigenvalue weighted by Crippen LogP contribution is -2.52. The van der Waals surface area contributed by atoms with E-state index < -0.39 is 6.04 Å². The van der Waals surface area contributed by atoms with Gasteiger partial charge in [-0.3, -0.25) is 14.5 Å². The van der Waals surface area contributed by atoms with E-state index in [-0.39, 0.29) is 17.7 Å². The maximum absolute atomic E-state index is 12.1. The highest BCUT2D eigenvalue weighted by atomic mass is 16.2. The maximum Gasteiger partial charge on any atom is 0.246 e. The van der Waals surface area contributed by atoms with Gasteiger partial charge in [-0.1, -0.05) is 24.3 Å². The number of hydrogen-bond acceptors (Lipinski definition) is 3. The SMILES string of the molecule is NC1CCC(=O)N(CC2CCCc3ccccc32)C1=O. The Bertz CT molecular complexity index is 541. The van der Waals surface area contributed by atoms with Gasteiger partial charge in [0.1, 0.15) is 0 Å². The Morgan fingerprint density at radius 2 is 1.95 bits per heavy atom. The molecule has 0 aromatic heterocycles. The molecule has 2 unspecified atom stereocenters. The monoisotopic (exact) mass is 272 g/mol. The predicted molar refractivity (Wildman–Crippen MR) is 76.1 cm³/mol. The summed E-state index contributed by atoms with van der Waals surface area (Å²) in [5.41, 5.74) is 8.43. The van der Waals surface area contributed by atoms with Gasteiger partial charge in [0.2, 0.25) is 11.8 Å². The Hall–Kier alpha value is -1.68. The number of likely N-dealkylation sites (tertiary alicyclic amines) is 1. The fourth-order valence-electron chi connectivity index (χ4n) is 3.32. The van der Waals surface area contributed by atoms with Crippen molar-refractivity contribution in [3.8, 4) is 0 Å². The van der Waals surface area contributed by atoms with Crippen LogP contribution in [0.1, 0.15) is 42.7 Å². The molecule has 106 valence electrons. The van der Waals surface area contributed by atoms with E-state index in [1.54, 1.807) is 0 Å². The van der Waals surface area contributed by atoms with Crippen LogP contribution in [-0.2, 0) is 16.0 Å². The largest absolute Gasteiger partial charge is 0.320 e. The molecule has 1 fully saturated rings. The van der Waals surface area contributed by atoms with Crippen LogP contribution in [0, 0.1) is 0 Å². The summed E-state index contributed by atoms with van der Waals surface area (Å²) in [4.78, 5) is 25.5. The van der Waals surface area contributed by atoms with E-state index in [4.69, 9.17) is 5.73 Å². The van der Waals surface area contributed by atoms with Crippen molar-refractivity contribution >= 4 is 11.8 Å². The van der Waals surface area contributed by atoms with Crippen LogP contribution in [0.3, 0.4) is 0 Å². The average Bonchev–Trinajstić information content (AvgIpc) is 2.48. The number of amides is 2. The number of nitrogens with two attached hydrogens (primary N) is 1. The first-order chi connectivity index (χ1) is 9.66. The first-order valence-corrected chi connectivity index (χ1v) is 7.34. The lowest BCUT2D eigenvalue weighted by Gasteiger charge is -2.34. The van der Waals surface area contributed by atoms with Crippen molar-refractivity contribution in [1.82, 2.24) is 4.90 Å². The molecule has 2 aliphatic rings. The minimum Gasteiger partial charge on any atom is -0.320 e. The second kappa shape index (κ2) is 5.37. The number of piperidine rings is 1. The molecule has 1 aromatic carbocycles. The van der Waals surface area contributed by atoms with Crippen LogP contribution in [0.4, 0.5) is 0 Å². The Kier molecular flexibility index (Phi) is 3.57. The minimum absolute atomic E-state index is 0.0697. The number of nitrogens with zero attached hydrogens (tertiary/aromatic N) is 1. The predicted octanol–water partition coefficient (Wildman–Crippen LogP) is 1.58. The average molecular weight is 272 g/mol. The van der Waals surface area contributed by atoms with Crippen LogP contribution < -0.4 is 5.73 Å². The van der Waals surface area contributed by atoms with Gasteiger partial charge in [0.25, 0.3) is 0 Å². The highest BCUT2D eigenvalue weighted by molar-refractivity contribution is 6.00. The van der Waals surface area contributed by atoms with Gasteiger partial charge in [-0.05, 0) is 36.8 Å². The summed E-state index contributed by atoms with van der Waals surface area (Å²) in [6, 6.07) is 7.84. The second-order valence-electron chi connectivity index (χ2n) is 5.78. The van der Waals surface area contributed by atoms with Crippen LogP contribution in [-0.4, -0.2) is 29.3 Å². The number of aryl methyl sites for hydroxylation is 1. The van der Waals surface area contributed by atoms with E-state index in [0.717, 1.165) is 19.3 Å². The molecule has 1 aliphatic heterocycles. The van der Waals surface area contributed by atoms with Gasteiger partial charge in [-0.25, -0.2) is 0 Å². The molecule has 20 heavy (non-hydrogen) atoms. The molecule has 2 amide bonds. The first-order valence-electron chi connectivity index (χ1n) is 7.34. The summed E-state index contributed by atoms with van der Waals surface area (Å²) < 4.78 is 0. The van der Waals surface area contributed by atoms with Gasteiger partial charge in [0.15, 0.2) is 0 Å². The molecule has 2 N–H and O–H groups in total. The van der Waals surface area contributed by atoms with E-state index in [2.05, 4.69) is 12.1 Å². The van der Waals surface area contributed by atoms with Crippen LogP contribution in [0.5, 0.6) is 0 Å². The van der Waals surface area contributed by atoms with Crippen LogP contribution in [0.15, 0.2) is 24.3 Å². The number of benzene rings is 1. The molecule has 0 radical (unpaired) electrons. The van der Waals surface area contributed by atoms with Gasteiger partial charge in [-0.15, -0.1) is 0 Å². The van der Waals surface area contributed by atoms with E-state index in [0.29, 0.717) is 19.4 Å². The zero-order chi connectivity index (χ0) is 14.1. The van der Waals surface area contributed by atoms with Crippen molar-refractivity contribution in [2.24, 2.45) is 5.73 Å². The van der Waals surface area contributed by atoms with E-state index in [1.807, 2.05) is 12.1 Å². The summed E-state index contributed by atoms with van der Waals surface area (Å²) in [7, 11) is 0. The van der Waals surface area contributed by atoms with Crippen molar-refractivity contribution in [3.63, 3.8) is 0 Å². The Balaban J connectivity index is 1.81. The third kappa shape index (κ3) is 2.36. The zero-order valence-corrected chi connectivity index (χ0v) is 11.5. The molecule has 4 nitrogen and oxygen atoms in total. The quantitative estimate of drug-likeness (QED) is 0.831. The molecule has 2 atom stereocenters. The first kappa shape index (κ1) is 13.3. The van der Waals surface area contributed by atoms with E-state index >= 15 is 0 Å². The molecular weight excluding hydrogens is 252 g/mol. The number of rotatable bonds is 2. The summed E-state index contributed by atoms with van der Waals surface area (Å²) in [5.74, 6) is -0.0118. The van der Waals surface area contributed by atoms with Crippen molar-refractivity contribution in [2.45, 2.75) is 44.1 Å². The number of carbonyl (C=O) groups is 2. The van der Waals surface area contributed by atoms with Gasteiger partial charge in [0.05, 0.1) is 6.04 Å². The second-order valence-corrected chi connectivity index (χ2v) is 5.78. The van der Waals surface area contributed by atoms with E-state index in [9.17, 15) is 9.59 Å². The number of imide groups is 1.